The molecule has 526 valence electrons. The highest BCUT2D eigenvalue weighted by atomic mass is 15.0. The third kappa shape index (κ3) is 9.47. The Balaban J connectivity index is 0.000000134. The van der Waals surface area contributed by atoms with Crippen molar-refractivity contribution < 1.29 is 0 Å². The fraction of sp³-hybridized carbons (Fsp3) is 0. The van der Waals surface area contributed by atoms with Crippen LogP contribution in [-0.2, 0) is 0 Å². The number of rotatable bonds is 6. The van der Waals surface area contributed by atoms with Gasteiger partial charge in [0, 0.05) is 65.8 Å². The minimum absolute atomic E-state index is 0.651. The van der Waals surface area contributed by atoms with Crippen LogP contribution in [0.25, 0.3) is 229 Å². The summed E-state index contributed by atoms with van der Waals surface area (Å²) < 4.78 is 9.58. The van der Waals surface area contributed by atoms with Crippen LogP contribution < -0.4 is 0 Å². The Hall–Kier alpha value is -15.4. The summed E-state index contributed by atoms with van der Waals surface area (Å²) in [6.45, 7) is 0. The zero-order chi connectivity index (χ0) is 74.8. The smallest absolute Gasteiger partial charge is 0.0992 e. The van der Waals surface area contributed by atoms with Crippen molar-refractivity contribution in [2.24, 2.45) is 0 Å². The number of para-hydroxylation sites is 4. The van der Waals surface area contributed by atoms with Gasteiger partial charge in [0.2, 0.25) is 0 Å². The van der Waals surface area contributed by atoms with Gasteiger partial charge in [0.25, 0.3) is 0 Å². The molecule has 5 heteroatoms. The zero-order valence-electron chi connectivity index (χ0n) is 61.8. The van der Waals surface area contributed by atoms with Gasteiger partial charge in [-0.05, 0) is 247 Å². The molecule has 0 fully saturated rings. The first kappa shape index (κ1) is 63.6. The van der Waals surface area contributed by atoms with E-state index >= 15 is 0 Å². The lowest BCUT2D eigenvalue weighted by Gasteiger charge is -2.14. The van der Waals surface area contributed by atoms with Crippen LogP contribution in [-0.4, -0.2) is 18.3 Å². The van der Waals surface area contributed by atoms with Gasteiger partial charge in [-0.2, -0.15) is 5.26 Å². The molecule has 0 saturated heterocycles. The fourth-order valence-electron chi connectivity index (χ4n) is 19.5. The van der Waals surface area contributed by atoms with Gasteiger partial charge in [-0.3, -0.25) is 0 Å². The molecular formula is C109H65N5. The second kappa shape index (κ2) is 24.8. The van der Waals surface area contributed by atoms with Crippen LogP contribution in [0.4, 0.5) is 0 Å². The summed E-state index contributed by atoms with van der Waals surface area (Å²) >= 11 is 0. The Labute approximate surface area is 654 Å². The van der Waals surface area contributed by atoms with Crippen LogP contribution in [0.5, 0.6) is 0 Å². The van der Waals surface area contributed by atoms with E-state index in [1.54, 1.807) is 0 Å². The number of nitriles is 1. The molecule has 21 aromatic carbocycles. The lowest BCUT2D eigenvalue weighted by atomic mass is 9.94. The molecule has 4 heterocycles. The van der Waals surface area contributed by atoms with Crippen molar-refractivity contribution in [1.82, 2.24) is 18.3 Å². The van der Waals surface area contributed by atoms with Crippen LogP contribution in [0.2, 0.25) is 0 Å². The van der Waals surface area contributed by atoms with Crippen LogP contribution >= 0.6 is 0 Å². The highest BCUT2D eigenvalue weighted by molar-refractivity contribution is 6.29. The molecule has 0 bridgehead atoms. The van der Waals surface area contributed by atoms with Crippen molar-refractivity contribution >= 4 is 184 Å². The summed E-state index contributed by atoms with van der Waals surface area (Å²) in [6.07, 6.45) is 0. The standard InChI is InChI=1S/C60H36N2.C49H29N3/c1-3-17-45-41(13-1)43-15-5-7-19-47(43)53-35-39(27-29-49(45)53)61-57-23-11-9-21-51(57)55-33-37(25-31-59(55)61)38-26-32-60-56(34-38)52-22-10-12-24-58(52)62(60)40-28-30-50-46-18-4-2-14-42(46)44-16-6-8-20-48(44)54(50)36-40;50-30-31-10-9-11-34(26-31)51-46-18-7-5-16-41(46)44-27-32(20-24-48(44)51)33-21-25-49-45(28-33)42-17-6-8-19-47(42)52(49)35-22-23-40-38-14-2-1-12-36(38)37-13-3-4-15-39(37)43(40)29-35/h1-36H;1-29H. The molecule has 0 atom stereocenters. The van der Waals surface area contributed by atoms with Crippen molar-refractivity contribution in [1.29, 1.82) is 5.26 Å². The SMILES string of the molecule is N#Cc1cccc(-n2c3ccccc3c3cc(-c4ccc5c(c4)c4ccccc4n5-c4ccc5c6ccccc6c6ccccc6c5c4)ccc32)c1.c1ccc2c(c1)c1ccccc1c1cc(-n3c4ccccc4c4cc(-c5ccc6c(c5)c5ccccc5n6-c5ccc6c7ccccc7c7ccccc7c6c5)ccc43)ccc21. The van der Waals surface area contributed by atoms with E-state index in [1.165, 1.54) is 207 Å². The van der Waals surface area contributed by atoms with Gasteiger partial charge in [-0.15, -0.1) is 0 Å². The molecule has 0 aliphatic carbocycles. The second-order valence-electron chi connectivity index (χ2n) is 30.5. The highest BCUT2D eigenvalue weighted by Gasteiger charge is 2.22. The molecular weight excluding hydrogens is 1380 g/mol. The summed E-state index contributed by atoms with van der Waals surface area (Å²) in [7, 11) is 0. The third-order valence-electron chi connectivity index (χ3n) is 24.5. The maximum Gasteiger partial charge on any atom is 0.0992 e. The van der Waals surface area contributed by atoms with Crippen molar-refractivity contribution in [3.05, 3.63) is 400 Å². The van der Waals surface area contributed by atoms with Gasteiger partial charge in [-0.25, -0.2) is 0 Å². The van der Waals surface area contributed by atoms with Gasteiger partial charge in [-0.1, -0.05) is 267 Å². The van der Waals surface area contributed by atoms with Crippen LogP contribution in [0, 0.1) is 11.3 Å². The average molecular weight is 1440 g/mol. The molecule has 25 aromatic rings. The van der Waals surface area contributed by atoms with E-state index in [-0.39, 0.29) is 0 Å². The van der Waals surface area contributed by atoms with Gasteiger partial charge < -0.3 is 18.3 Å². The molecule has 0 unspecified atom stereocenters. The minimum Gasteiger partial charge on any atom is -0.309 e. The molecule has 4 aromatic heterocycles. The molecule has 25 rings (SSSR count). The first-order valence-electron chi connectivity index (χ1n) is 39.2. The molecule has 0 spiro atoms. The molecule has 0 saturated carbocycles. The maximum atomic E-state index is 9.61. The van der Waals surface area contributed by atoms with Gasteiger partial charge in [0.15, 0.2) is 0 Å². The average Bonchev–Trinajstić information content (AvgIpc) is 1.52. The summed E-state index contributed by atoms with van der Waals surface area (Å²) in [5, 5.41) is 42.6. The molecule has 0 amide bonds. The first-order chi connectivity index (χ1) is 56.5. The second-order valence-corrected chi connectivity index (χ2v) is 30.5. The topological polar surface area (TPSA) is 43.5 Å². The van der Waals surface area contributed by atoms with E-state index in [2.05, 4.69) is 400 Å². The molecule has 0 aliphatic rings. The third-order valence-corrected chi connectivity index (χ3v) is 24.5. The van der Waals surface area contributed by atoms with Crippen molar-refractivity contribution in [2.75, 3.05) is 0 Å². The molecule has 0 N–H and O–H groups in total. The number of nitrogens with zero attached hydrogens (tertiary/aromatic N) is 5. The Morgan fingerprint density at radius 1 is 0.140 bits per heavy atom. The quantitative estimate of drug-likeness (QED) is 0.153. The lowest BCUT2D eigenvalue weighted by Crippen LogP contribution is -1.95. The van der Waals surface area contributed by atoms with E-state index in [4.69, 9.17) is 0 Å². The Morgan fingerprint density at radius 2 is 0.342 bits per heavy atom. The Morgan fingerprint density at radius 3 is 0.588 bits per heavy atom. The number of aromatic nitrogens is 4. The monoisotopic (exact) mass is 1440 g/mol. The molecule has 0 radical (unpaired) electrons. The van der Waals surface area contributed by atoms with Crippen LogP contribution in [0.15, 0.2) is 394 Å². The van der Waals surface area contributed by atoms with E-state index in [0.29, 0.717) is 5.56 Å². The van der Waals surface area contributed by atoms with Gasteiger partial charge >= 0.3 is 0 Å². The molecule has 114 heavy (non-hydrogen) atoms. The van der Waals surface area contributed by atoms with Gasteiger partial charge in [0.1, 0.15) is 0 Å². The van der Waals surface area contributed by atoms with Crippen molar-refractivity contribution in [2.45, 2.75) is 0 Å². The normalized spacial score (nSPS) is 12.0. The number of fused-ring (bicyclic) bond motifs is 30. The summed E-state index contributed by atoms with van der Waals surface area (Å²) in [4.78, 5) is 0. The largest absolute Gasteiger partial charge is 0.309 e. The van der Waals surface area contributed by atoms with E-state index in [9.17, 15) is 5.26 Å². The van der Waals surface area contributed by atoms with Crippen LogP contribution in [0.1, 0.15) is 5.56 Å². The van der Waals surface area contributed by atoms with Gasteiger partial charge in [0.05, 0.1) is 55.8 Å². The summed E-state index contributed by atoms with van der Waals surface area (Å²) in [5.41, 5.74) is 19.3. The highest BCUT2D eigenvalue weighted by Crippen LogP contribution is 2.46. The molecule has 5 nitrogen and oxygen atoms in total. The van der Waals surface area contributed by atoms with E-state index in [1.807, 2.05) is 18.2 Å². The first-order valence-corrected chi connectivity index (χ1v) is 39.2. The summed E-state index contributed by atoms with van der Waals surface area (Å²) in [5.74, 6) is 0. The van der Waals surface area contributed by atoms with Crippen molar-refractivity contribution in [3.8, 4) is 51.1 Å². The van der Waals surface area contributed by atoms with Crippen molar-refractivity contribution in [3.63, 3.8) is 0 Å². The summed E-state index contributed by atoms with van der Waals surface area (Å²) in [6, 6.07) is 147. The Kier molecular flexibility index (Phi) is 13.8. The van der Waals surface area contributed by atoms with E-state index in [0.717, 1.165) is 22.4 Å². The maximum absolute atomic E-state index is 9.61. The molecule has 0 aliphatic heterocycles. The van der Waals surface area contributed by atoms with E-state index < -0.39 is 0 Å². The van der Waals surface area contributed by atoms with Crippen LogP contribution in [0.3, 0.4) is 0 Å². The number of hydrogen-bond donors (Lipinski definition) is 0. The number of hydrogen-bond acceptors (Lipinski definition) is 1. The number of benzene rings is 21. The predicted molar refractivity (Wildman–Crippen MR) is 483 cm³/mol. The zero-order valence-corrected chi connectivity index (χ0v) is 61.8. The minimum atomic E-state index is 0.651. The Bertz CT molecular complexity index is 8140. The fourth-order valence-corrected chi connectivity index (χ4v) is 19.5. The predicted octanol–water partition coefficient (Wildman–Crippen LogP) is 29.3. The lowest BCUT2D eigenvalue weighted by molar-refractivity contribution is 1.18.